The van der Waals surface area contributed by atoms with E-state index in [9.17, 15) is 13.2 Å². The minimum Gasteiger partial charge on any atom is -0.381 e. The Balaban J connectivity index is 1.34. The first-order chi connectivity index (χ1) is 21.0. The first-order valence-electron chi connectivity index (χ1n) is 14.3. The molecule has 7 rings (SSSR count). The lowest BCUT2D eigenvalue weighted by atomic mass is 9.97. The van der Waals surface area contributed by atoms with E-state index < -0.39 is 16.1 Å². The Kier molecular flexibility index (Phi) is 7.71. The van der Waals surface area contributed by atoms with Crippen molar-refractivity contribution in [3.63, 3.8) is 0 Å². The number of fused-ring (bicyclic) bond motifs is 1. The van der Waals surface area contributed by atoms with Crippen molar-refractivity contribution in [2.45, 2.75) is 10.9 Å². The molecule has 0 aliphatic carbocycles. The summed E-state index contributed by atoms with van der Waals surface area (Å²) < 4.78 is 41.9. The molecule has 43 heavy (non-hydrogen) atoms. The van der Waals surface area contributed by atoms with Crippen LogP contribution in [0.2, 0.25) is 0 Å². The number of ether oxygens (including phenoxy) is 2. The van der Waals surface area contributed by atoms with Gasteiger partial charge in [-0.3, -0.25) is 4.79 Å². The maximum absolute atomic E-state index is 14.8. The molecule has 0 bridgehead atoms. The minimum absolute atomic E-state index is 0.0845. The predicted molar refractivity (Wildman–Crippen MR) is 166 cm³/mol. The number of anilines is 1. The number of carbonyl (C=O) groups excluding carboxylic acids is 1. The van der Waals surface area contributed by atoms with E-state index in [1.54, 1.807) is 39.7 Å². The molecule has 0 atom stereocenters. The fourth-order valence-electron chi connectivity index (χ4n) is 5.81. The van der Waals surface area contributed by atoms with E-state index in [1.807, 2.05) is 66.0 Å². The summed E-state index contributed by atoms with van der Waals surface area (Å²) in [5.74, 6) is 0.180. The number of hydrogen-bond acceptors (Lipinski definition) is 7. The maximum Gasteiger partial charge on any atom is 0.259 e. The van der Waals surface area contributed by atoms with Gasteiger partial charge < -0.3 is 14.4 Å². The molecular weight excluding hydrogens is 583 g/mol. The lowest BCUT2D eigenvalue weighted by Gasteiger charge is -2.37. The third-order valence-corrected chi connectivity index (χ3v) is 10.7. The first kappa shape index (κ1) is 28.1. The number of aromatic nitrogens is 1. The Labute approximate surface area is 255 Å². The van der Waals surface area contributed by atoms with E-state index in [2.05, 4.69) is 4.98 Å². The van der Waals surface area contributed by atoms with Gasteiger partial charge >= 0.3 is 0 Å². The Morgan fingerprint density at radius 3 is 2.14 bits per heavy atom. The molecule has 1 aromatic heterocycles. The molecule has 0 N–H and O–H groups in total. The summed E-state index contributed by atoms with van der Waals surface area (Å²) in [6, 6.07) is 24.0. The number of thiazole rings is 1. The van der Waals surface area contributed by atoms with Crippen LogP contribution in [-0.2, 0) is 24.3 Å². The second-order valence-corrected chi connectivity index (χ2v) is 13.9. The highest BCUT2D eigenvalue weighted by atomic mass is 32.2. The lowest BCUT2D eigenvalue weighted by molar-refractivity contribution is -0.113. The predicted octanol–water partition coefficient (Wildman–Crippen LogP) is 5.10. The SMILES string of the molecule is O=C1/C(=C/c2nccs2)c2cc(S(=O)(=O)N(CC3COC3)C(c3ccccc3)c3ccccc3)ccc2N1CC1COC1. The van der Waals surface area contributed by atoms with E-state index in [0.717, 1.165) is 11.1 Å². The van der Waals surface area contributed by atoms with Crippen molar-refractivity contribution in [2.75, 3.05) is 44.4 Å². The van der Waals surface area contributed by atoms with Gasteiger partial charge in [-0.25, -0.2) is 13.4 Å². The van der Waals surface area contributed by atoms with Crippen LogP contribution in [0.3, 0.4) is 0 Å². The van der Waals surface area contributed by atoms with Gasteiger partial charge in [-0.05, 0) is 35.4 Å². The van der Waals surface area contributed by atoms with Gasteiger partial charge in [0.1, 0.15) is 5.01 Å². The van der Waals surface area contributed by atoms with Crippen LogP contribution in [-0.4, -0.2) is 63.1 Å². The van der Waals surface area contributed by atoms with Crippen LogP contribution < -0.4 is 4.90 Å². The molecule has 3 aliphatic rings. The van der Waals surface area contributed by atoms with Gasteiger partial charge in [0.25, 0.3) is 5.91 Å². The topological polar surface area (TPSA) is 89.0 Å². The molecule has 8 nitrogen and oxygen atoms in total. The highest BCUT2D eigenvalue weighted by Crippen LogP contribution is 2.42. The minimum atomic E-state index is -4.04. The van der Waals surface area contributed by atoms with Crippen molar-refractivity contribution < 1.29 is 22.7 Å². The largest absolute Gasteiger partial charge is 0.381 e. The number of sulfonamides is 1. The normalized spacial score (nSPS) is 18.3. The van der Waals surface area contributed by atoms with E-state index in [0.29, 0.717) is 61.3 Å². The van der Waals surface area contributed by atoms with Gasteiger partial charge in [0, 0.05) is 42.1 Å². The molecular formula is C33H31N3O5S2. The van der Waals surface area contributed by atoms with Gasteiger partial charge in [-0.15, -0.1) is 11.3 Å². The van der Waals surface area contributed by atoms with Gasteiger partial charge in [0.2, 0.25) is 10.0 Å². The number of nitrogens with zero attached hydrogens (tertiary/aromatic N) is 3. The zero-order valence-corrected chi connectivity index (χ0v) is 25.0. The Hall–Kier alpha value is -3.67. The second kappa shape index (κ2) is 11.8. The molecule has 2 fully saturated rings. The summed E-state index contributed by atoms with van der Waals surface area (Å²) in [5.41, 5.74) is 3.52. The average Bonchev–Trinajstić information content (AvgIpc) is 3.59. The summed E-state index contributed by atoms with van der Waals surface area (Å²) in [7, 11) is -4.04. The highest BCUT2D eigenvalue weighted by molar-refractivity contribution is 7.89. The van der Waals surface area contributed by atoms with Crippen molar-refractivity contribution in [2.24, 2.45) is 11.8 Å². The van der Waals surface area contributed by atoms with Crippen molar-refractivity contribution >= 4 is 44.6 Å². The second-order valence-electron chi connectivity index (χ2n) is 11.1. The number of amides is 1. The number of carbonyl (C=O) groups is 1. The van der Waals surface area contributed by atoms with E-state index in [-0.39, 0.29) is 22.6 Å². The first-order valence-corrected chi connectivity index (χ1v) is 16.7. The third kappa shape index (κ3) is 5.45. The van der Waals surface area contributed by atoms with Crippen molar-refractivity contribution in [3.05, 3.63) is 112 Å². The van der Waals surface area contributed by atoms with Crippen LogP contribution in [0.4, 0.5) is 5.69 Å². The molecule has 1 amide bonds. The molecule has 0 saturated carbocycles. The van der Waals surface area contributed by atoms with Crippen LogP contribution >= 0.6 is 11.3 Å². The summed E-state index contributed by atoms with van der Waals surface area (Å²) in [6.07, 6.45) is 3.46. The van der Waals surface area contributed by atoms with Gasteiger partial charge in [-0.1, -0.05) is 60.7 Å². The number of hydrogen-bond donors (Lipinski definition) is 0. The standard InChI is InChI=1S/C33H31N3O5S2/c37-33-29(16-31-34-13-14-42-31)28-15-27(11-12-30(28)35(33)17-23-19-40-20-23)43(38,39)36(18-24-21-41-22-24)32(25-7-3-1-4-8-25)26-9-5-2-6-10-26/h1-16,23-24,32H,17-22H2/b29-16+. The molecule has 220 valence electrons. The zero-order chi connectivity index (χ0) is 29.4. The van der Waals surface area contributed by atoms with E-state index in [4.69, 9.17) is 9.47 Å². The fraction of sp³-hybridized carbons (Fsp3) is 0.273. The molecule has 3 aromatic carbocycles. The zero-order valence-electron chi connectivity index (χ0n) is 23.4. The average molecular weight is 614 g/mol. The molecule has 0 unspecified atom stereocenters. The Morgan fingerprint density at radius 1 is 0.930 bits per heavy atom. The van der Waals surface area contributed by atoms with Gasteiger partial charge in [-0.2, -0.15) is 4.31 Å². The molecule has 4 heterocycles. The molecule has 10 heteroatoms. The third-order valence-electron chi connectivity index (χ3n) is 8.16. The molecule has 2 saturated heterocycles. The summed E-state index contributed by atoms with van der Waals surface area (Å²) in [6.45, 7) is 3.07. The van der Waals surface area contributed by atoms with E-state index in [1.165, 1.54) is 11.3 Å². The Morgan fingerprint density at radius 2 is 1.58 bits per heavy atom. The number of rotatable bonds is 10. The van der Waals surface area contributed by atoms with Gasteiger partial charge in [0.15, 0.2) is 0 Å². The fourth-order valence-corrected chi connectivity index (χ4v) is 8.09. The highest BCUT2D eigenvalue weighted by Gasteiger charge is 2.40. The van der Waals surface area contributed by atoms with Crippen molar-refractivity contribution in [1.29, 1.82) is 0 Å². The maximum atomic E-state index is 14.8. The summed E-state index contributed by atoms with van der Waals surface area (Å²) in [5, 5.41) is 2.54. The van der Waals surface area contributed by atoms with Crippen LogP contribution in [0.15, 0.2) is 95.3 Å². The van der Waals surface area contributed by atoms with Crippen LogP contribution in [0.25, 0.3) is 11.6 Å². The lowest BCUT2D eigenvalue weighted by Crippen LogP contribution is -2.44. The van der Waals surface area contributed by atoms with E-state index >= 15 is 0 Å². The monoisotopic (exact) mass is 613 g/mol. The van der Waals surface area contributed by atoms with Crippen LogP contribution in [0, 0.1) is 11.8 Å². The van der Waals surface area contributed by atoms with Gasteiger partial charge in [0.05, 0.1) is 48.6 Å². The molecule has 0 radical (unpaired) electrons. The summed E-state index contributed by atoms with van der Waals surface area (Å²) >= 11 is 1.43. The Bertz CT molecular complexity index is 1700. The van der Waals surface area contributed by atoms with Crippen LogP contribution in [0.5, 0.6) is 0 Å². The van der Waals surface area contributed by atoms with Crippen LogP contribution in [0.1, 0.15) is 27.7 Å². The molecule has 3 aliphatic heterocycles. The molecule has 0 spiro atoms. The quantitative estimate of drug-likeness (QED) is 0.231. The smallest absolute Gasteiger partial charge is 0.259 e. The summed E-state index contributed by atoms with van der Waals surface area (Å²) in [4.78, 5) is 20.0. The number of benzene rings is 3. The van der Waals surface area contributed by atoms with Crippen molar-refractivity contribution in [3.8, 4) is 0 Å². The molecule has 4 aromatic rings. The van der Waals surface area contributed by atoms with Crippen molar-refractivity contribution in [1.82, 2.24) is 9.29 Å².